The van der Waals surface area contributed by atoms with Crippen LogP contribution in [0.25, 0.3) is 0 Å². The monoisotopic (exact) mass is 412 g/mol. The first-order valence-corrected chi connectivity index (χ1v) is 9.95. The third-order valence-electron chi connectivity index (χ3n) is 5.61. The van der Waals surface area contributed by atoms with Gasteiger partial charge < -0.3 is 14.9 Å². The van der Waals surface area contributed by atoms with Crippen molar-refractivity contribution in [2.24, 2.45) is 0 Å². The number of halogens is 1. The van der Waals surface area contributed by atoms with Gasteiger partial charge in [0.25, 0.3) is 11.8 Å². The summed E-state index contributed by atoms with van der Waals surface area (Å²) < 4.78 is 15.2. The molecule has 0 bridgehead atoms. The summed E-state index contributed by atoms with van der Waals surface area (Å²) in [5.74, 6) is -0.422. The molecule has 158 valence electrons. The van der Waals surface area contributed by atoms with Crippen molar-refractivity contribution in [3.8, 4) is 0 Å². The minimum absolute atomic E-state index is 0.0717. The lowest BCUT2D eigenvalue weighted by Gasteiger charge is -2.37. The fourth-order valence-corrected chi connectivity index (χ4v) is 4.07. The molecule has 2 aliphatic heterocycles. The Bertz CT molecular complexity index is 1040. The lowest BCUT2D eigenvalue weighted by molar-refractivity contribution is 0.0214. The molecule has 2 amide bonds. The molecule has 1 N–H and O–H groups in total. The van der Waals surface area contributed by atoms with Crippen molar-refractivity contribution >= 4 is 11.8 Å². The average molecular weight is 412 g/mol. The van der Waals surface area contributed by atoms with Crippen LogP contribution in [0.5, 0.6) is 0 Å². The molecule has 0 saturated heterocycles. The molecule has 0 spiro atoms. The summed E-state index contributed by atoms with van der Waals surface area (Å²) in [4.78, 5) is 28.4. The van der Waals surface area contributed by atoms with Crippen LogP contribution >= 0.6 is 0 Å². The fourth-order valence-electron chi connectivity index (χ4n) is 4.07. The van der Waals surface area contributed by atoms with Gasteiger partial charge in [-0.25, -0.2) is 4.39 Å². The number of hydrogen-bond acceptors (Lipinski definition) is 4. The maximum Gasteiger partial charge on any atom is 0.257 e. The molecule has 2 aliphatic rings. The molecule has 1 aromatic carbocycles. The van der Waals surface area contributed by atoms with Crippen LogP contribution in [0, 0.1) is 0 Å². The molecular formula is C22H25FN4O3. The van der Waals surface area contributed by atoms with E-state index in [9.17, 15) is 19.1 Å². The smallest absolute Gasteiger partial charge is 0.257 e. The van der Waals surface area contributed by atoms with Crippen LogP contribution in [0.3, 0.4) is 0 Å². The summed E-state index contributed by atoms with van der Waals surface area (Å²) in [6.45, 7) is 6.56. The zero-order valence-electron chi connectivity index (χ0n) is 17.3. The van der Waals surface area contributed by atoms with E-state index >= 15 is 0 Å². The molecular weight excluding hydrogens is 387 g/mol. The van der Waals surface area contributed by atoms with Gasteiger partial charge in [-0.1, -0.05) is 18.2 Å². The molecule has 1 atom stereocenters. The Morgan fingerprint density at radius 2 is 1.93 bits per heavy atom. The SMILES string of the molecule is CC(C)(C)N1CCc2nn(C/C(=C/F)CN3C(=O)c4ccccc4C3O)cc2C1=O. The van der Waals surface area contributed by atoms with E-state index in [1.54, 1.807) is 30.5 Å². The predicted molar refractivity (Wildman–Crippen MR) is 108 cm³/mol. The number of carbonyl (C=O) groups excluding carboxylic acids is 2. The Morgan fingerprint density at radius 3 is 2.60 bits per heavy atom. The fraction of sp³-hybridized carbons (Fsp3) is 0.409. The van der Waals surface area contributed by atoms with Gasteiger partial charge in [-0.3, -0.25) is 14.3 Å². The normalized spacial score (nSPS) is 19.4. The van der Waals surface area contributed by atoms with Crippen LogP contribution < -0.4 is 0 Å². The van der Waals surface area contributed by atoms with Crippen molar-refractivity contribution in [3.63, 3.8) is 0 Å². The molecule has 1 unspecified atom stereocenters. The van der Waals surface area contributed by atoms with Gasteiger partial charge in [0.15, 0.2) is 6.23 Å². The van der Waals surface area contributed by atoms with E-state index in [0.717, 1.165) is 0 Å². The summed E-state index contributed by atoms with van der Waals surface area (Å²) in [5, 5.41) is 14.9. The second-order valence-corrected chi connectivity index (χ2v) is 8.73. The molecule has 0 saturated carbocycles. The molecule has 2 aromatic rings. The van der Waals surface area contributed by atoms with Gasteiger partial charge in [0, 0.05) is 42.4 Å². The number of aliphatic hydroxyl groups excluding tert-OH is 1. The maximum absolute atomic E-state index is 13.7. The number of aromatic nitrogens is 2. The number of nitrogens with zero attached hydrogens (tertiary/aromatic N) is 4. The standard InChI is InChI=1S/C22H25FN4O3/c1-22(2,3)27-9-8-18-17(21(27)30)13-25(24-18)11-14(10-23)12-26-19(28)15-6-4-5-7-16(15)20(26)29/h4-7,10,13,19,28H,8-9,11-12H2,1-3H3/b14-10-. The predicted octanol–water partition coefficient (Wildman–Crippen LogP) is 2.68. The summed E-state index contributed by atoms with van der Waals surface area (Å²) in [7, 11) is 0. The number of benzene rings is 1. The van der Waals surface area contributed by atoms with Gasteiger partial charge in [-0.2, -0.15) is 5.10 Å². The van der Waals surface area contributed by atoms with Gasteiger partial charge in [0.2, 0.25) is 0 Å². The van der Waals surface area contributed by atoms with Gasteiger partial charge in [0.1, 0.15) is 0 Å². The van der Waals surface area contributed by atoms with E-state index < -0.39 is 6.23 Å². The Morgan fingerprint density at radius 1 is 1.20 bits per heavy atom. The zero-order chi connectivity index (χ0) is 21.6. The van der Waals surface area contributed by atoms with Crippen molar-refractivity contribution in [1.82, 2.24) is 19.6 Å². The van der Waals surface area contributed by atoms with E-state index in [1.807, 2.05) is 25.7 Å². The number of aliphatic hydroxyl groups is 1. The van der Waals surface area contributed by atoms with Gasteiger partial charge in [-0.15, -0.1) is 0 Å². The van der Waals surface area contributed by atoms with Gasteiger partial charge in [0.05, 0.1) is 24.1 Å². The minimum Gasteiger partial charge on any atom is -0.369 e. The third-order valence-corrected chi connectivity index (χ3v) is 5.61. The average Bonchev–Trinajstić information content (AvgIpc) is 3.22. The first kappa shape index (κ1) is 20.3. The molecule has 30 heavy (non-hydrogen) atoms. The van der Waals surface area contributed by atoms with Crippen molar-refractivity contribution in [3.05, 3.63) is 64.7 Å². The zero-order valence-corrected chi connectivity index (χ0v) is 17.3. The van der Waals surface area contributed by atoms with E-state index in [1.165, 1.54) is 9.58 Å². The maximum atomic E-state index is 13.7. The molecule has 8 heteroatoms. The van der Waals surface area contributed by atoms with E-state index in [0.29, 0.717) is 41.7 Å². The van der Waals surface area contributed by atoms with E-state index in [-0.39, 0.29) is 36.0 Å². The minimum atomic E-state index is -1.11. The summed E-state index contributed by atoms with van der Waals surface area (Å²) in [6, 6.07) is 6.81. The summed E-state index contributed by atoms with van der Waals surface area (Å²) in [5.41, 5.74) is 2.15. The van der Waals surface area contributed by atoms with Crippen molar-refractivity contribution in [2.75, 3.05) is 13.1 Å². The largest absolute Gasteiger partial charge is 0.369 e. The van der Waals surface area contributed by atoms with E-state index in [4.69, 9.17) is 0 Å². The highest BCUT2D eigenvalue weighted by Crippen LogP contribution is 2.32. The van der Waals surface area contributed by atoms with Crippen molar-refractivity contribution < 1.29 is 19.1 Å². The Labute approximate surface area is 174 Å². The quantitative estimate of drug-likeness (QED) is 0.838. The van der Waals surface area contributed by atoms with Crippen molar-refractivity contribution in [1.29, 1.82) is 0 Å². The van der Waals surface area contributed by atoms with Crippen LogP contribution in [0.4, 0.5) is 4.39 Å². The second kappa shape index (κ2) is 7.36. The number of rotatable bonds is 4. The van der Waals surface area contributed by atoms with Crippen LogP contribution in [0.2, 0.25) is 0 Å². The van der Waals surface area contributed by atoms with Gasteiger partial charge >= 0.3 is 0 Å². The lowest BCUT2D eigenvalue weighted by atomic mass is 9.99. The molecule has 3 heterocycles. The third kappa shape index (κ3) is 3.41. The Balaban J connectivity index is 1.50. The molecule has 7 nitrogen and oxygen atoms in total. The summed E-state index contributed by atoms with van der Waals surface area (Å²) >= 11 is 0. The number of hydrogen-bond donors (Lipinski definition) is 1. The van der Waals surface area contributed by atoms with Crippen LogP contribution in [0.15, 0.2) is 42.4 Å². The highest BCUT2D eigenvalue weighted by Gasteiger charge is 2.36. The second-order valence-electron chi connectivity index (χ2n) is 8.73. The first-order chi connectivity index (χ1) is 14.2. The van der Waals surface area contributed by atoms with Crippen LogP contribution in [0.1, 0.15) is 59.0 Å². The van der Waals surface area contributed by atoms with Gasteiger partial charge in [-0.05, 0) is 32.4 Å². The Kier molecular flexibility index (Phi) is 4.97. The van der Waals surface area contributed by atoms with E-state index in [2.05, 4.69) is 5.10 Å². The first-order valence-electron chi connectivity index (χ1n) is 9.95. The topological polar surface area (TPSA) is 78.7 Å². The number of carbonyl (C=O) groups is 2. The summed E-state index contributed by atoms with van der Waals surface area (Å²) in [6.07, 6.45) is 1.60. The van der Waals surface area contributed by atoms with Crippen LogP contribution in [-0.4, -0.2) is 55.1 Å². The highest BCUT2D eigenvalue weighted by molar-refractivity contribution is 5.99. The molecule has 4 rings (SSSR count). The molecule has 0 fully saturated rings. The van der Waals surface area contributed by atoms with Crippen molar-refractivity contribution in [2.45, 2.75) is 45.5 Å². The molecule has 1 aromatic heterocycles. The molecule has 0 aliphatic carbocycles. The Hall–Kier alpha value is -3.00. The number of amides is 2. The van der Waals surface area contributed by atoms with Crippen LogP contribution in [-0.2, 0) is 13.0 Å². The highest BCUT2D eigenvalue weighted by atomic mass is 19.1. The lowest BCUT2D eigenvalue weighted by Crippen LogP contribution is -2.49. The number of fused-ring (bicyclic) bond motifs is 2. The molecule has 0 radical (unpaired) electrons.